The lowest BCUT2D eigenvalue weighted by atomic mass is 10.1. The van der Waals surface area contributed by atoms with Crippen LogP contribution in [0, 0.1) is 0 Å². The quantitative estimate of drug-likeness (QED) is 0.694. The normalized spacial score (nSPS) is 12.1. The molecule has 0 fully saturated rings. The van der Waals surface area contributed by atoms with E-state index in [2.05, 4.69) is 4.98 Å². The minimum atomic E-state index is -4.45. The fraction of sp³-hybridized carbons (Fsp3) is 0.500. The molecule has 0 aliphatic rings. The molecule has 9 heteroatoms. The number of carbonyl (C=O) groups excluding carboxylic acids is 1. The van der Waals surface area contributed by atoms with Crippen LogP contribution in [0.15, 0.2) is 30.6 Å². The lowest BCUT2D eigenvalue weighted by Gasteiger charge is -2.25. The third-order valence-corrected chi connectivity index (χ3v) is 4.21. The van der Waals surface area contributed by atoms with E-state index in [0.717, 1.165) is 12.1 Å². The molecule has 2 N–H and O–H groups in total. The molecule has 2 aromatic rings. The van der Waals surface area contributed by atoms with Crippen molar-refractivity contribution < 1.29 is 22.7 Å². The molecule has 1 heterocycles. The van der Waals surface area contributed by atoms with Gasteiger partial charge in [0.05, 0.1) is 12.1 Å². The van der Waals surface area contributed by atoms with Crippen molar-refractivity contribution in [2.75, 3.05) is 24.2 Å². The smallest absolute Gasteiger partial charge is 0.416 e. The minimum Gasteiger partial charge on any atom is -0.460 e. The molecular weight excluding hydrogens is 385 g/mol. The van der Waals surface area contributed by atoms with Crippen LogP contribution in [0.3, 0.4) is 0 Å². The van der Waals surface area contributed by atoms with Crippen molar-refractivity contribution in [3.63, 3.8) is 0 Å². The number of carbonyl (C=O) groups is 1. The molecule has 0 bridgehead atoms. The minimum absolute atomic E-state index is 0.185. The van der Waals surface area contributed by atoms with Gasteiger partial charge < -0.3 is 19.9 Å². The fourth-order valence-electron chi connectivity index (χ4n) is 2.86. The maximum absolute atomic E-state index is 13.2. The van der Waals surface area contributed by atoms with E-state index in [0.29, 0.717) is 24.2 Å². The van der Waals surface area contributed by atoms with Gasteiger partial charge in [0, 0.05) is 38.1 Å². The van der Waals surface area contributed by atoms with Gasteiger partial charge in [-0.1, -0.05) is 6.07 Å². The van der Waals surface area contributed by atoms with Crippen molar-refractivity contribution in [2.45, 2.75) is 51.9 Å². The largest absolute Gasteiger partial charge is 0.460 e. The molecule has 2 rings (SSSR count). The summed E-state index contributed by atoms with van der Waals surface area (Å²) in [6.45, 7) is 6.04. The van der Waals surface area contributed by atoms with Crippen LogP contribution in [0.4, 0.5) is 24.8 Å². The zero-order valence-corrected chi connectivity index (χ0v) is 17.1. The second kappa shape index (κ2) is 8.75. The Morgan fingerprint density at radius 2 is 1.97 bits per heavy atom. The number of nitrogens with two attached hydrogens (primary N) is 1. The zero-order chi connectivity index (χ0) is 21.8. The van der Waals surface area contributed by atoms with Gasteiger partial charge in [-0.25, -0.2) is 4.98 Å². The molecule has 0 aliphatic carbocycles. The van der Waals surface area contributed by atoms with Crippen molar-refractivity contribution in [3.05, 3.63) is 41.7 Å². The maximum atomic E-state index is 13.2. The Morgan fingerprint density at radius 1 is 1.28 bits per heavy atom. The van der Waals surface area contributed by atoms with Crippen molar-refractivity contribution >= 4 is 17.6 Å². The standard InChI is InChI=1S/C20H27F3N4O2/c1-19(2,3)29-17(28)6-5-10-26(4)16-12-15(20(21,22)23)8-7-14(16)13-27-11-9-25-18(27)24/h7-9,11-12H,5-6,10,13H2,1-4H3,(H2,24,25). The van der Waals surface area contributed by atoms with Crippen LogP contribution in [0.2, 0.25) is 0 Å². The van der Waals surface area contributed by atoms with Crippen molar-refractivity contribution in [1.29, 1.82) is 0 Å². The number of nitrogen functional groups attached to an aromatic ring is 1. The second-order valence-electron chi connectivity index (χ2n) is 7.87. The molecule has 0 saturated carbocycles. The lowest BCUT2D eigenvalue weighted by Crippen LogP contribution is -2.26. The monoisotopic (exact) mass is 412 g/mol. The van der Waals surface area contributed by atoms with E-state index in [9.17, 15) is 18.0 Å². The number of aromatic nitrogens is 2. The number of hydrogen-bond donors (Lipinski definition) is 1. The third kappa shape index (κ3) is 6.69. The molecule has 1 aromatic carbocycles. The molecule has 0 radical (unpaired) electrons. The number of alkyl halides is 3. The van der Waals surface area contributed by atoms with Crippen molar-refractivity contribution in [3.8, 4) is 0 Å². The summed E-state index contributed by atoms with van der Waals surface area (Å²) in [4.78, 5) is 17.5. The first-order chi connectivity index (χ1) is 13.4. The van der Waals surface area contributed by atoms with Gasteiger partial charge in [0.1, 0.15) is 5.60 Å². The van der Waals surface area contributed by atoms with Crippen LogP contribution in [0.25, 0.3) is 0 Å². The summed E-state index contributed by atoms with van der Waals surface area (Å²) in [6.07, 6.45) is -0.611. The molecule has 160 valence electrons. The first-order valence-electron chi connectivity index (χ1n) is 9.26. The van der Waals surface area contributed by atoms with Gasteiger partial charge in [-0.15, -0.1) is 0 Å². The van der Waals surface area contributed by atoms with Crippen molar-refractivity contribution in [2.24, 2.45) is 0 Å². The first-order valence-corrected chi connectivity index (χ1v) is 9.26. The Morgan fingerprint density at radius 3 is 2.52 bits per heavy atom. The van der Waals surface area contributed by atoms with Gasteiger partial charge in [0.25, 0.3) is 0 Å². The van der Waals surface area contributed by atoms with Gasteiger partial charge in [0.2, 0.25) is 0 Å². The number of nitrogens with zero attached hydrogens (tertiary/aromatic N) is 3. The van der Waals surface area contributed by atoms with Crippen LogP contribution >= 0.6 is 0 Å². The molecule has 0 saturated heterocycles. The van der Waals surface area contributed by atoms with Crippen LogP contribution in [0.5, 0.6) is 0 Å². The number of hydrogen-bond acceptors (Lipinski definition) is 5. The highest BCUT2D eigenvalue weighted by Crippen LogP contribution is 2.34. The Kier molecular flexibility index (Phi) is 6.81. The predicted molar refractivity (Wildman–Crippen MR) is 106 cm³/mol. The van der Waals surface area contributed by atoms with E-state index in [-0.39, 0.29) is 24.9 Å². The van der Waals surface area contributed by atoms with Gasteiger partial charge in [0.15, 0.2) is 5.95 Å². The SMILES string of the molecule is CN(CCCC(=O)OC(C)(C)C)c1cc(C(F)(F)F)ccc1Cn1ccnc1N. The number of ether oxygens (including phenoxy) is 1. The highest BCUT2D eigenvalue weighted by molar-refractivity contribution is 5.70. The van der Waals surface area contributed by atoms with Crippen LogP contribution in [-0.4, -0.2) is 34.7 Å². The van der Waals surface area contributed by atoms with Gasteiger partial charge in [-0.2, -0.15) is 13.2 Å². The molecule has 0 atom stereocenters. The van der Waals surface area contributed by atoms with Crippen LogP contribution in [-0.2, 0) is 22.3 Å². The Labute approximate surface area is 168 Å². The van der Waals surface area contributed by atoms with Gasteiger partial charge in [-0.05, 0) is 44.9 Å². The van der Waals surface area contributed by atoms with E-state index in [1.165, 1.54) is 12.3 Å². The zero-order valence-electron chi connectivity index (χ0n) is 17.1. The number of halogens is 3. The molecule has 0 amide bonds. The molecular formula is C20H27F3N4O2. The summed E-state index contributed by atoms with van der Waals surface area (Å²) in [5.74, 6) is -0.0511. The van der Waals surface area contributed by atoms with Gasteiger partial charge >= 0.3 is 12.1 Å². The average Bonchev–Trinajstić information content (AvgIpc) is 2.97. The lowest BCUT2D eigenvalue weighted by molar-refractivity contribution is -0.154. The van der Waals surface area contributed by atoms with Crippen LogP contribution in [0.1, 0.15) is 44.7 Å². The summed E-state index contributed by atoms with van der Waals surface area (Å²) in [5, 5.41) is 0. The highest BCUT2D eigenvalue weighted by atomic mass is 19.4. The average molecular weight is 412 g/mol. The predicted octanol–water partition coefficient (Wildman–Crippen LogP) is 4.09. The molecule has 29 heavy (non-hydrogen) atoms. The number of esters is 1. The summed E-state index contributed by atoms with van der Waals surface area (Å²) in [6, 6.07) is 3.62. The number of imidazole rings is 1. The van der Waals surface area contributed by atoms with E-state index >= 15 is 0 Å². The van der Waals surface area contributed by atoms with E-state index in [1.54, 1.807) is 43.5 Å². The summed E-state index contributed by atoms with van der Waals surface area (Å²) >= 11 is 0. The summed E-state index contributed by atoms with van der Waals surface area (Å²) in [7, 11) is 1.70. The molecule has 1 aromatic heterocycles. The highest BCUT2D eigenvalue weighted by Gasteiger charge is 2.31. The summed E-state index contributed by atoms with van der Waals surface area (Å²) < 4.78 is 46.5. The molecule has 0 unspecified atom stereocenters. The van der Waals surface area contributed by atoms with E-state index < -0.39 is 17.3 Å². The molecule has 0 spiro atoms. The second-order valence-corrected chi connectivity index (χ2v) is 7.87. The Bertz CT molecular complexity index is 841. The maximum Gasteiger partial charge on any atom is 0.416 e. The first kappa shape index (κ1) is 22.6. The molecule has 0 aliphatic heterocycles. The number of rotatable bonds is 7. The Hall–Kier alpha value is -2.71. The summed E-state index contributed by atoms with van der Waals surface area (Å²) in [5.41, 5.74) is 5.59. The van der Waals surface area contributed by atoms with Crippen molar-refractivity contribution in [1.82, 2.24) is 9.55 Å². The third-order valence-electron chi connectivity index (χ3n) is 4.21. The number of benzene rings is 1. The fourth-order valence-corrected chi connectivity index (χ4v) is 2.86. The number of anilines is 2. The van der Waals surface area contributed by atoms with Gasteiger partial charge in [-0.3, -0.25) is 4.79 Å². The molecule has 6 nitrogen and oxygen atoms in total. The van der Waals surface area contributed by atoms with Crippen LogP contribution < -0.4 is 10.6 Å². The topological polar surface area (TPSA) is 73.4 Å². The van der Waals surface area contributed by atoms with E-state index in [4.69, 9.17) is 10.5 Å². The van der Waals surface area contributed by atoms with E-state index in [1.807, 2.05) is 0 Å². The Balaban J connectivity index is 2.16.